The Bertz CT molecular complexity index is 917. The van der Waals surface area contributed by atoms with Crippen LogP contribution in [-0.2, 0) is 0 Å². The van der Waals surface area contributed by atoms with Crippen LogP contribution in [0.15, 0.2) is 39.5 Å². The molecule has 24 heavy (non-hydrogen) atoms. The quantitative estimate of drug-likeness (QED) is 0.677. The lowest BCUT2D eigenvalue weighted by Crippen LogP contribution is -1.99. The van der Waals surface area contributed by atoms with E-state index in [1.54, 1.807) is 0 Å². The molecule has 7 heteroatoms. The Hall–Kier alpha value is -3.35. The molecule has 1 heterocycles. The second-order valence-corrected chi connectivity index (χ2v) is 5.04. The summed E-state index contributed by atoms with van der Waals surface area (Å²) in [6, 6.07) is 6.41. The smallest absolute Gasteiger partial charge is 0.200 e. The third kappa shape index (κ3) is 2.45. The van der Waals surface area contributed by atoms with Crippen LogP contribution < -0.4 is 14.9 Å². The number of hydrogen-bond donors (Lipinski definition) is 3. The van der Waals surface area contributed by atoms with E-state index >= 15 is 0 Å². The normalized spacial score (nSPS) is 10.8. The van der Waals surface area contributed by atoms with Crippen LogP contribution >= 0.6 is 0 Å². The Labute approximate surface area is 136 Å². The van der Waals surface area contributed by atoms with E-state index in [-0.39, 0.29) is 45.8 Å². The molecule has 0 saturated heterocycles. The molecule has 0 aromatic heterocycles. The zero-order valence-corrected chi connectivity index (χ0v) is 12.9. The molecule has 124 valence electrons. The summed E-state index contributed by atoms with van der Waals surface area (Å²) in [6.45, 7) is 0. The molecule has 0 amide bonds. The van der Waals surface area contributed by atoms with Crippen LogP contribution in [-0.4, -0.2) is 29.5 Å². The van der Waals surface area contributed by atoms with Gasteiger partial charge in [-0.15, -0.1) is 0 Å². The van der Waals surface area contributed by atoms with E-state index in [1.807, 2.05) is 0 Å². The average molecular weight is 330 g/mol. The van der Waals surface area contributed by atoms with Gasteiger partial charge < -0.3 is 29.2 Å². The molecule has 0 atom stereocenters. The van der Waals surface area contributed by atoms with Crippen molar-refractivity contribution in [3.63, 3.8) is 0 Å². The Kier molecular flexibility index (Phi) is 3.69. The Morgan fingerprint density at radius 2 is 1.50 bits per heavy atom. The van der Waals surface area contributed by atoms with Crippen molar-refractivity contribution in [3.05, 3.63) is 40.6 Å². The van der Waals surface area contributed by atoms with Crippen molar-refractivity contribution in [2.75, 3.05) is 14.2 Å². The van der Waals surface area contributed by atoms with Crippen molar-refractivity contribution in [2.45, 2.75) is 0 Å². The zero-order valence-electron chi connectivity index (χ0n) is 12.9. The van der Waals surface area contributed by atoms with Crippen LogP contribution in [0.2, 0.25) is 0 Å². The molecular weight excluding hydrogens is 316 g/mol. The van der Waals surface area contributed by atoms with Gasteiger partial charge in [-0.3, -0.25) is 4.79 Å². The molecule has 3 rings (SSSR count). The summed E-state index contributed by atoms with van der Waals surface area (Å²) >= 11 is 0. The van der Waals surface area contributed by atoms with Gasteiger partial charge in [0.15, 0.2) is 28.4 Å². The highest BCUT2D eigenvalue weighted by Crippen LogP contribution is 2.44. The lowest BCUT2D eigenvalue weighted by molar-refractivity contribution is 0.340. The van der Waals surface area contributed by atoms with Crippen molar-refractivity contribution in [3.8, 4) is 51.4 Å². The fourth-order valence-corrected chi connectivity index (χ4v) is 2.41. The number of methoxy groups -OCH3 is 2. The van der Waals surface area contributed by atoms with E-state index in [4.69, 9.17) is 13.9 Å². The van der Waals surface area contributed by atoms with Crippen LogP contribution in [0.25, 0.3) is 22.6 Å². The third-order valence-electron chi connectivity index (χ3n) is 3.56. The molecule has 0 fully saturated rings. The van der Waals surface area contributed by atoms with Gasteiger partial charge in [-0.25, -0.2) is 0 Å². The Morgan fingerprint density at radius 3 is 2.08 bits per heavy atom. The van der Waals surface area contributed by atoms with E-state index in [0.29, 0.717) is 5.56 Å². The van der Waals surface area contributed by atoms with Crippen LogP contribution in [0.4, 0.5) is 0 Å². The molecule has 2 aliphatic rings. The summed E-state index contributed by atoms with van der Waals surface area (Å²) in [5, 5.41) is 30.0. The van der Waals surface area contributed by atoms with Crippen molar-refractivity contribution >= 4 is 0 Å². The molecule has 1 aromatic rings. The van der Waals surface area contributed by atoms with Gasteiger partial charge in [0.2, 0.25) is 5.75 Å². The second-order valence-electron chi connectivity index (χ2n) is 5.04. The number of hydrogen-bond acceptors (Lipinski definition) is 7. The van der Waals surface area contributed by atoms with Gasteiger partial charge in [0.1, 0.15) is 11.5 Å². The van der Waals surface area contributed by atoms with E-state index in [0.717, 1.165) is 6.07 Å². The fourth-order valence-electron chi connectivity index (χ4n) is 2.41. The highest BCUT2D eigenvalue weighted by molar-refractivity contribution is 5.76. The number of rotatable bonds is 3. The standard InChI is InChI=1S/C17H14O7/c1-22-14-3-8(4-15(23-2)16(14)21)17-12(20)7-10-11(19)5-9(18)6-13(10)24-17/h3-7,19-21H,1-2H3. The predicted molar refractivity (Wildman–Crippen MR) is 85.1 cm³/mol. The van der Waals surface area contributed by atoms with Crippen molar-refractivity contribution < 1.29 is 29.2 Å². The van der Waals surface area contributed by atoms with E-state index in [1.165, 1.54) is 38.5 Å². The molecule has 1 aliphatic heterocycles. The molecule has 7 nitrogen and oxygen atoms in total. The Morgan fingerprint density at radius 1 is 0.875 bits per heavy atom. The van der Waals surface area contributed by atoms with Crippen molar-refractivity contribution in [1.82, 2.24) is 0 Å². The molecule has 0 radical (unpaired) electrons. The molecular formula is C17H14O7. The van der Waals surface area contributed by atoms with Crippen LogP contribution in [0, 0.1) is 0 Å². The van der Waals surface area contributed by atoms with E-state index in [9.17, 15) is 20.1 Å². The summed E-state index contributed by atoms with van der Waals surface area (Å²) in [5.74, 6) is -0.347. The van der Waals surface area contributed by atoms with Gasteiger partial charge in [0.25, 0.3) is 0 Å². The van der Waals surface area contributed by atoms with Gasteiger partial charge >= 0.3 is 0 Å². The first-order valence-corrected chi connectivity index (χ1v) is 6.89. The molecule has 3 N–H and O–H groups in total. The topological polar surface area (TPSA) is 109 Å². The molecule has 0 spiro atoms. The highest BCUT2D eigenvalue weighted by Gasteiger charge is 2.20. The second kappa shape index (κ2) is 5.69. The lowest BCUT2D eigenvalue weighted by Gasteiger charge is -2.14. The molecule has 1 aromatic carbocycles. The van der Waals surface area contributed by atoms with Crippen molar-refractivity contribution in [1.29, 1.82) is 0 Å². The number of ether oxygens (including phenoxy) is 2. The molecule has 0 saturated carbocycles. The first-order chi connectivity index (χ1) is 11.4. The molecule has 0 bridgehead atoms. The lowest BCUT2D eigenvalue weighted by atomic mass is 10.1. The number of phenolic OH excluding ortho intramolecular Hbond substituents is 2. The van der Waals surface area contributed by atoms with Crippen LogP contribution in [0.3, 0.4) is 0 Å². The number of aromatic hydroxyl groups is 3. The van der Waals surface area contributed by atoms with Gasteiger partial charge in [-0.05, 0) is 18.2 Å². The van der Waals surface area contributed by atoms with E-state index in [2.05, 4.69) is 0 Å². The minimum absolute atomic E-state index is 0.0316. The summed E-state index contributed by atoms with van der Waals surface area (Å²) in [6.07, 6.45) is 0. The first-order valence-electron chi connectivity index (χ1n) is 6.89. The SMILES string of the molecule is COc1cc(-c2oc3cc(=O)cc(O)c-3cc2O)cc(OC)c1O. The van der Waals surface area contributed by atoms with Gasteiger partial charge in [-0.1, -0.05) is 0 Å². The van der Waals surface area contributed by atoms with Crippen LogP contribution in [0.5, 0.6) is 28.7 Å². The van der Waals surface area contributed by atoms with Gasteiger partial charge in [-0.2, -0.15) is 0 Å². The minimum Gasteiger partial charge on any atom is -0.507 e. The summed E-state index contributed by atoms with van der Waals surface area (Å²) in [5.41, 5.74) is 0.131. The van der Waals surface area contributed by atoms with Crippen LogP contribution in [0.1, 0.15) is 0 Å². The zero-order chi connectivity index (χ0) is 17.4. The number of fused-ring (bicyclic) bond motifs is 1. The van der Waals surface area contributed by atoms with Crippen molar-refractivity contribution in [2.24, 2.45) is 0 Å². The minimum atomic E-state index is -0.429. The van der Waals surface area contributed by atoms with Gasteiger partial charge in [0, 0.05) is 17.7 Å². The largest absolute Gasteiger partial charge is 0.507 e. The predicted octanol–water partition coefficient (Wildman–Crippen LogP) is 2.55. The summed E-state index contributed by atoms with van der Waals surface area (Å²) in [4.78, 5) is 11.5. The fraction of sp³-hybridized carbons (Fsp3) is 0.118. The molecule has 0 unspecified atom stereocenters. The van der Waals surface area contributed by atoms with Gasteiger partial charge in [0.05, 0.1) is 19.8 Å². The Balaban J connectivity index is 2.29. The molecule has 1 aliphatic carbocycles. The first kappa shape index (κ1) is 15.5. The maximum absolute atomic E-state index is 11.5. The maximum Gasteiger partial charge on any atom is 0.200 e. The maximum atomic E-state index is 11.5. The summed E-state index contributed by atoms with van der Waals surface area (Å²) < 4.78 is 15.7. The monoisotopic (exact) mass is 330 g/mol. The number of phenols is 2. The summed E-state index contributed by atoms with van der Waals surface area (Å²) in [7, 11) is 2.74. The van der Waals surface area contributed by atoms with E-state index < -0.39 is 5.43 Å². The highest BCUT2D eigenvalue weighted by atomic mass is 16.5. The number of benzene rings is 2. The third-order valence-corrected chi connectivity index (χ3v) is 3.56. The average Bonchev–Trinajstić information content (AvgIpc) is 2.55.